The second-order valence-electron chi connectivity index (χ2n) is 4.79. The summed E-state index contributed by atoms with van der Waals surface area (Å²) in [5.74, 6) is 0. The molecule has 1 heterocycles. The van der Waals surface area contributed by atoms with Gasteiger partial charge in [0.1, 0.15) is 0 Å². The van der Waals surface area contributed by atoms with Crippen LogP contribution in [-0.2, 0) is 0 Å². The molecule has 78 valence electrons. The quantitative estimate of drug-likeness (QED) is 0.576. The van der Waals surface area contributed by atoms with Crippen molar-refractivity contribution in [1.29, 1.82) is 0 Å². The predicted octanol–water partition coefficient (Wildman–Crippen LogP) is 3.13. The highest BCUT2D eigenvalue weighted by Crippen LogP contribution is 2.30. The van der Waals surface area contributed by atoms with Crippen LogP contribution in [0.4, 0.5) is 0 Å². The van der Waals surface area contributed by atoms with Crippen LogP contribution in [0, 0.1) is 0 Å². The fourth-order valence-electron chi connectivity index (χ4n) is 2.87. The van der Waals surface area contributed by atoms with Gasteiger partial charge in [0.05, 0.1) is 0 Å². The summed E-state index contributed by atoms with van der Waals surface area (Å²) in [6.45, 7) is 8.70. The van der Waals surface area contributed by atoms with E-state index in [2.05, 4.69) is 37.5 Å². The first-order chi connectivity index (χ1) is 6.68. The number of nitrogens with zero attached hydrogens (tertiary/aromatic N) is 1. The fourth-order valence-corrected chi connectivity index (χ4v) is 2.87. The van der Waals surface area contributed by atoms with Crippen LogP contribution in [0.3, 0.4) is 0 Å². The van der Waals surface area contributed by atoms with Crippen molar-refractivity contribution in [3.05, 3.63) is 24.3 Å². The molecule has 2 aliphatic rings. The highest BCUT2D eigenvalue weighted by atomic mass is 15.2. The maximum Gasteiger partial charge on any atom is 0.0259 e. The lowest BCUT2D eigenvalue weighted by atomic mass is 9.90. The average Bonchev–Trinajstić information content (AvgIpc) is 2.49. The van der Waals surface area contributed by atoms with Gasteiger partial charge in [0, 0.05) is 18.1 Å². The van der Waals surface area contributed by atoms with Crippen molar-refractivity contribution >= 4 is 0 Å². The molecule has 0 amide bonds. The van der Waals surface area contributed by atoms with Crippen LogP contribution < -0.4 is 0 Å². The molecule has 1 saturated carbocycles. The third-order valence-corrected chi connectivity index (χ3v) is 3.69. The third kappa shape index (κ3) is 1.78. The average molecular weight is 191 g/mol. The maximum absolute atomic E-state index is 4.08. The molecule has 0 aromatic carbocycles. The van der Waals surface area contributed by atoms with Gasteiger partial charge < -0.3 is 0 Å². The molecule has 2 rings (SSSR count). The van der Waals surface area contributed by atoms with Gasteiger partial charge in [0.2, 0.25) is 0 Å². The van der Waals surface area contributed by atoms with E-state index in [-0.39, 0.29) is 0 Å². The van der Waals surface area contributed by atoms with Gasteiger partial charge in [-0.05, 0) is 39.5 Å². The lowest BCUT2D eigenvalue weighted by Gasteiger charge is -2.37. The van der Waals surface area contributed by atoms with Crippen LogP contribution in [0.5, 0.6) is 0 Å². The second-order valence-corrected chi connectivity index (χ2v) is 4.79. The van der Waals surface area contributed by atoms with Gasteiger partial charge in [-0.25, -0.2) is 0 Å². The largest absolute Gasteiger partial charge is 0.288 e. The van der Waals surface area contributed by atoms with Gasteiger partial charge in [0.25, 0.3) is 0 Å². The summed E-state index contributed by atoms with van der Waals surface area (Å²) in [4.78, 5) is 2.66. The van der Waals surface area contributed by atoms with Crippen molar-refractivity contribution in [1.82, 2.24) is 4.90 Å². The molecule has 1 heteroatoms. The Hall–Kier alpha value is -0.560. The summed E-state index contributed by atoms with van der Waals surface area (Å²) in [5, 5.41) is 0. The van der Waals surface area contributed by atoms with Crippen molar-refractivity contribution < 1.29 is 0 Å². The molecular formula is C13H21N. The van der Waals surface area contributed by atoms with E-state index in [1.54, 1.807) is 0 Å². The molecule has 0 radical (unpaired) electrons. The first-order valence-corrected chi connectivity index (χ1v) is 5.81. The molecule has 2 unspecified atom stereocenters. The second kappa shape index (κ2) is 3.90. The normalized spacial score (nSPS) is 35.4. The molecule has 1 aliphatic heterocycles. The number of allylic oxidation sites excluding steroid dienone is 1. The van der Waals surface area contributed by atoms with Gasteiger partial charge in [0.15, 0.2) is 0 Å². The first-order valence-electron chi connectivity index (χ1n) is 5.81. The molecule has 0 N–H and O–H groups in total. The third-order valence-electron chi connectivity index (χ3n) is 3.69. The number of rotatable bonds is 1. The van der Waals surface area contributed by atoms with E-state index in [1.807, 2.05) is 0 Å². The summed E-state index contributed by atoms with van der Waals surface area (Å²) in [7, 11) is 0. The molecule has 0 saturated heterocycles. The summed E-state index contributed by atoms with van der Waals surface area (Å²) in [6, 6.07) is 2.07. The SMILES string of the molecule is C=C1CCC(N2C(C)C=CC2C)CC1. The Labute approximate surface area is 87.5 Å². The zero-order valence-corrected chi connectivity index (χ0v) is 9.37. The minimum Gasteiger partial charge on any atom is -0.288 e. The van der Waals surface area contributed by atoms with Crippen molar-refractivity contribution in [2.75, 3.05) is 0 Å². The zero-order chi connectivity index (χ0) is 10.1. The Morgan fingerprint density at radius 3 is 2.14 bits per heavy atom. The molecular weight excluding hydrogens is 170 g/mol. The minimum absolute atomic E-state index is 0.640. The van der Waals surface area contributed by atoms with E-state index < -0.39 is 0 Å². The van der Waals surface area contributed by atoms with Crippen molar-refractivity contribution in [2.45, 2.75) is 57.7 Å². The number of hydrogen-bond donors (Lipinski definition) is 0. The summed E-state index contributed by atoms with van der Waals surface area (Å²) in [6.07, 6.45) is 9.79. The van der Waals surface area contributed by atoms with E-state index in [0.717, 1.165) is 6.04 Å². The molecule has 2 atom stereocenters. The van der Waals surface area contributed by atoms with Crippen LogP contribution in [0.1, 0.15) is 39.5 Å². The smallest absolute Gasteiger partial charge is 0.0259 e. The van der Waals surface area contributed by atoms with Crippen molar-refractivity contribution in [3.8, 4) is 0 Å². The monoisotopic (exact) mass is 191 g/mol. The van der Waals surface area contributed by atoms with Crippen molar-refractivity contribution in [2.24, 2.45) is 0 Å². The van der Waals surface area contributed by atoms with E-state index in [0.29, 0.717) is 12.1 Å². The fraction of sp³-hybridized carbons (Fsp3) is 0.692. The lowest BCUT2D eigenvalue weighted by Crippen LogP contribution is -2.43. The molecule has 0 aromatic rings. The molecule has 1 nitrogen and oxygen atoms in total. The van der Waals surface area contributed by atoms with E-state index in [4.69, 9.17) is 0 Å². The van der Waals surface area contributed by atoms with Crippen LogP contribution in [0.25, 0.3) is 0 Å². The Bertz CT molecular complexity index is 232. The van der Waals surface area contributed by atoms with E-state index in [1.165, 1.54) is 31.3 Å². The molecule has 1 fully saturated rings. The van der Waals surface area contributed by atoms with Crippen LogP contribution in [0.15, 0.2) is 24.3 Å². The van der Waals surface area contributed by atoms with Gasteiger partial charge in [-0.3, -0.25) is 4.90 Å². The van der Waals surface area contributed by atoms with Crippen LogP contribution in [-0.4, -0.2) is 23.0 Å². The summed E-state index contributed by atoms with van der Waals surface area (Å²) in [5.41, 5.74) is 1.45. The molecule has 0 bridgehead atoms. The number of hydrogen-bond acceptors (Lipinski definition) is 1. The Balaban J connectivity index is 1.98. The lowest BCUT2D eigenvalue weighted by molar-refractivity contribution is 0.133. The maximum atomic E-state index is 4.08. The summed E-state index contributed by atoms with van der Waals surface area (Å²) >= 11 is 0. The van der Waals surface area contributed by atoms with Gasteiger partial charge in [-0.1, -0.05) is 24.3 Å². The molecule has 0 spiro atoms. The predicted molar refractivity (Wildman–Crippen MR) is 61.3 cm³/mol. The molecule has 1 aliphatic carbocycles. The molecule has 14 heavy (non-hydrogen) atoms. The Morgan fingerprint density at radius 2 is 1.64 bits per heavy atom. The van der Waals surface area contributed by atoms with Gasteiger partial charge in [-0.2, -0.15) is 0 Å². The Morgan fingerprint density at radius 1 is 1.14 bits per heavy atom. The van der Waals surface area contributed by atoms with Crippen molar-refractivity contribution in [3.63, 3.8) is 0 Å². The van der Waals surface area contributed by atoms with Crippen LogP contribution >= 0.6 is 0 Å². The van der Waals surface area contributed by atoms with Gasteiger partial charge >= 0.3 is 0 Å². The Kier molecular flexibility index (Phi) is 2.78. The van der Waals surface area contributed by atoms with E-state index in [9.17, 15) is 0 Å². The zero-order valence-electron chi connectivity index (χ0n) is 9.37. The standard InChI is InChI=1S/C13H21N/c1-10-4-8-13(9-5-10)14-11(2)6-7-12(14)3/h6-7,11-13H,1,4-5,8-9H2,2-3H3. The highest BCUT2D eigenvalue weighted by Gasteiger charge is 2.30. The highest BCUT2D eigenvalue weighted by molar-refractivity contribution is 5.11. The topological polar surface area (TPSA) is 3.24 Å². The first kappa shape index (κ1) is 9.97. The van der Waals surface area contributed by atoms with E-state index >= 15 is 0 Å². The molecule has 0 aromatic heterocycles. The minimum atomic E-state index is 0.640. The van der Waals surface area contributed by atoms with Crippen LogP contribution in [0.2, 0.25) is 0 Å². The van der Waals surface area contributed by atoms with Gasteiger partial charge in [-0.15, -0.1) is 0 Å². The summed E-state index contributed by atoms with van der Waals surface area (Å²) < 4.78 is 0.